The Hall–Kier alpha value is -0.580. The van der Waals surface area contributed by atoms with Crippen LogP contribution in [0.15, 0.2) is 12.1 Å². The lowest BCUT2D eigenvalue weighted by molar-refractivity contribution is -0.130. The molecule has 0 unspecified atom stereocenters. The van der Waals surface area contributed by atoms with E-state index in [-0.39, 0.29) is 5.91 Å². The molecule has 2 aliphatic heterocycles. The standard InChI is InChI=1S/C15H21ClN2OS/c1-11(19)18-9-3-5-14(18)13-4-2-8-17(13)10-12-6-7-15(16)20-12/h6-7,13-14H,2-5,8-10H2,1H3/t13-,14-/m0/s1. The number of hydrogen-bond acceptors (Lipinski definition) is 3. The van der Waals surface area contributed by atoms with Gasteiger partial charge in [-0.25, -0.2) is 0 Å². The van der Waals surface area contributed by atoms with Crippen LogP contribution in [0.25, 0.3) is 0 Å². The second kappa shape index (κ2) is 6.04. The number of hydrogen-bond donors (Lipinski definition) is 0. The van der Waals surface area contributed by atoms with Gasteiger partial charge < -0.3 is 4.90 Å². The van der Waals surface area contributed by atoms with Crippen LogP contribution >= 0.6 is 22.9 Å². The van der Waals surface area contributed by atoms with Crippen LogP contribution in [-0.4, -0.2) is 40.9 Å². The smallest absolute Gasteiger partial charge is 0.219 e. The predicted octanol–water partition coefficient (Wildman–Crippen LogP) is 3.38. The normalized spacial score (nSPS) is 27.4. The minimum absolute atomic E-state index is 0.235. The first-order chi connectivity index (χ1) is 9.65. The van der Waals surface area contributed by atoms with Gasteiger partial charge in [-0.1, -0.05) is 11.6 Å². The number of rotatable bonds is 3. The summed E-state index contributed by atoms with van der Waals surface area (Å²) in [5.41, 5.74) is 0. The van der Waals surface area contributed by atoms with Crippen LogP contribution in [-0.2, 0) is 11.3 Å². The minimum atomic E-state index is 0.235. The maximum Gasteiger partial charge on any atom is 0.219 e. The van der Waals surface area contributed by atoms with Crippen molar-refractivity contribution < 1.29 is 4.79 Å². The van der Waals surface area contributed by atoms with Gasteiger partial charge in [-0.15, -0.1) is 11.3 Å². The van der Waals surface area contributed by atoms with Crippen molar-refractivity contribution in [1.29, 1.82) is 0 Å². The molecule has 2 aliphatic rings. The summed E-state index contributed by atoms with van der Waals surface area (Å²) >= 11 is 7.69. The second-order valence-electron chi connectivity index (χ2n) is 5.81. The largest absolute Gasteiger partial charge is 0.338 e. The maximum absolute atomic E-state index is 11.8. The van der Waals surface area contributed by atoms with Gasteiger partial charge >= 0.3 is 0 Å². The summed E-state index contributed by atoms with van der Waals surface area (Å²) in [6.07, 6.45) is 4.77. The third-order valence-electron chi connectivity index (χ3n) is 4.55. The fraction of sp³-hybridized carbons (Fsp3) is 0.667. The van der Waals surface area contributed by atoms with E-state index in [1.54, 1.807) is 18.3 Å². The number of thiophene rings is 1. The highest BCUT2D eigenvalue weighted by Gasteiger charge is 2.38. The highest BCUT2D eigenvalue weighted by molar-refractivity contribution is 7.16. The Morgan fingerprint density at radius 2 is 2.05 bits per heavy atom. The quantitative estimate of drug-likeness (QED) is 0.854. The van der Waals surface area contributed by atoms with Gasteiger partial charge in [-0.05, 0) is 44.4 Å². The van der Waals surface area contributed by atoms with E-state index in [9.17, 15) is 4.79 Å². The third kappa shape index (κ3) is 2.87. The van der Waals surface area contributed by atoms with Crippen LogP contribution in [0.5, 0.6) is 0 Å². The molecule has 20 heavy (non-hydrogen) atoms. The summed E-state index contributed by atoms with van der Waals surface area (Å²) in [7, 11) is 0. The molecule has 110 valence electrons. The number of halogens is 1. The van der Waals surface area contributed by atoms with Crippen LogP contribution in [0.1, 0.15) is 37.5 Å². The first-order valence-corrected chi connectivity index (χ1v) is 8.60. The summed E-state index contributed by atoms with van der Waals surface area (Å²) in [6, 6.07) is 5.05. The molecule has 5 heteroatoms. The first-order valence-electron chi connectivity index (χ1n) is 7.40. The lowest BCUT2D eigenvalue weighted by atomic mass is 10.0. The third-order valence-corrected chi connectivity index (χ3v) is 5.77. The van der Waals surface area contributed by atoms with Gasteiger partial charge in [0.05, 0.1) is 4.34 Å². The zero-order valence-electron chi connectivity index (χ0n) is 11.8. The monoisotopic (exact) mass is 312 g/mol. The number of nitrogens with zero attached hydrogens (tertiary/aromatic N) is 2. The highest BCUT2D eigenvalue weighted by Crippen LogP contribution is 2.32. The molecule has 0 spiro atoms. The molecule has 0 N–H and O–H groups in total. The summed E-state index contributed by atoms with van der Waals surface area (Å²) in [4.78, 5) is 17.7. The van der Waals surface area contributed by atoms with Crippen molar-refractivity contribution in [3.63, 3.8) is 0 Å². The van der Waals surface area contributed by atoms with Gasteiger partial charge in [0.1, 0.15) is 0 Å². The Bertz CT molecular complexity index is 490. The summed E-state index contributed by atoms with van der Waals surface area (Å²) < 4.78 is 0.863. The van der Waals surface area contributed by atoms with E-state index in [0.717, 1.165) is 36.8 Å². The summed E-state index contributed by atoms with van der Waals surface area (Å²) in [6.45, 7) is 4.76. The molecule has 1 aromatic heterocycles. The van der Waals surface area contributed by atoms with Crippen LogP contribution in [0, 0.1) is 0 Å². The van der Waals surface area contributed by atoms with E-state index in [1.807, 2.05) is 6.07 Å². The molecule has 1 amide bonds. The molecule has 3 rings (SSSR count). The minimum Gasteiger partial charge on any atom is -0.338 e. The van der Waals surface area contributed by atoms with Gasteiger partial charge in [-0.3, -0.25) is 9.69 Å². The zero-order chi connectivity index (χ0) is 14.1. The number of amides is 1. The lowest BCUT2D eigenvalue weighted by Crippen LogP contribution is -2.47. The van der Waals surface area contributed by atoms with E-state index in [2.05, 4.69) is 15.9 Å². The molecule has 2 fully saturated rings. The molecule has 0 aromatic carbocycles. The lowest BCUT2D eigenvalue weighted by Gasteiger charge is -2.34. The first kappa shape index (κ1) is 14.4. The van der Waals surface area contributed by atoms with Crippen molar-refractivity contribution in [2.24, 2.45) is 0 Å². The van der Waals surface area contributed by atoms with Crippen molar-refractivity contribution in [3.8, 4) is 0 Å². The van der Waals surface area contributed by atoms with Crippen LogP contribution in [0.2, 0.25) is 4.34 Å². The zero-order valence-corrected chi connectivity index (χ0v) is 13.4. The second-order valence-corrected chi connectivity index (χ2v) is 7.61. The van der Waals surface area contributed by atoms with E-state index in [1.165, 1.54) is 17.7 Å². The molecule has 2 saturated heterocycles. The van der Waals surface area contributed by atoms with Crippen molar-refractivity contribution in [3.05, 3.63) is 21.3 Å². The number of carbonyl (C=O) groups is 1. The number of carbonyl (C=O) groups excluding carboxylic acids is 1. The average Bonchev–Trinajstić information content (AvgIpc) is 3.09. The average molecular weight is 313 g/mol. The maximum atomic E-state index is 11.8. The molecular weight excluding hydrogens is 292 g/mol. The van der Waals surface area contributed by atoms with E-state index < -0.39 is 0 Å². The van der Waals surface area contributed by atoms with Gasteiger partial charge in [0.15, 0.2) is 0 Å². The van der Waals surface area contributed by atoms with E-state index in [0.29, 0.717) is 12.1 Å². The van der Waals surface area contributed by atoms with Crippen molar-refractivity contribution in [1.82, 2.24) is 9.80 Å². The molecule has 3 nitrogen and oxygen atoms in total. The van der Waals surface area contributed by atoms with E-state index >= 15 is 0 Å². The highest BCUT2D eigenvalue weighted by atomic mass is 35.5. The SMILES string of the molecule is CC(=O)N1CCC[C@H]1[C@@H]1CCCN1Cc1ccc(Cl)s1. The topological polar surface area (TPSA) is 23.6 Å². The van der Waals surface area contributed by atoms with Gasteiger partial charge in [0.25, 0.3) is 0 Å². The number of likely N-dealkylation sites (tertiary alicyclic amines) is 2. The summed E-state index contributed by atoms with van der Waals surface area (Å²) in [5.74, 6) is 0.235. The van der Waals surface area contributed by atoms with E-state index in [4.69, 9.17) is 11.6 Å². The molecular formula is C15H21ClN2OS. The van der Waals surface area contributed by atoms with Gasteiger partial charge in [-0.2, -0.15) is 0 Å². The van der Waals surface area contributed by atoms with Crippen molar-refractivity contribution in [2.75, 3.05) is 13.1 Å². The molecule has 0 radical (unpaired) electrons. The Kier molecular flexibility index (Phi) is 4.34. The Morgan fingerprint density at radius 1 is 1.30 bits per heavy atom. The Morgan fingerprint density at radius 3 is 2.75 bits per heavy atom. The van der Waals surface area contributed by atoms with Crippen molar-refractivity contribution >= 4 is 28.8 Å². The van der Waals surface area contributed by atoms with Crippen LogP contribution < -0.4 is 0 Å². The molecule has 1 aromatic rings. The molecule has 0 bridgehead atoms. The Labute approximate surface area is 129 Å². The fourth-order valence-electron chi connectivity index (χ4n) is 3.70. The predicted molar refractivity (Wildman–Crippen MR) is 83.2 cm³/mol. The molecule has 3 heterocycles. The Balaban J connectivity index is 1.70. The summed E-state index contributed by atoms with van der Waals surface area (Å²) in [5, 5.41) is 0. The van der Waals surface area contributed by atoms with Gasteiger partial charge in [0, 0.05) is 37.0 Å². The van der Waals surface area contributed by atoms with Crippen LogP contribution in [0.3, 0.4) is 0 Å². The fourth-order valence-corrected chi connectivity index (χ4v) is 4.82. The molecule has 0 aliphatic carbocycles. The van der Waals surface area contributed by atoms with Crippen molar-refractivity contribution in [2.45, 2.75) is 51.2 Å². The van der Waals surface area contributed by atoms with Crippen LogP contribution in [0.4, 0.5) is 0 Å². The molecule has 0 saturated carbocycles. The molecule has 2 atom stereocenters. The van der Waals surface area contributed by atoms with Gasteiger partial charge in [0.2, 0.25) is 5.91 Å².